The molecule has 0 aromatic rings. The minimum absolute atomic E-state index is 0.161. The molecule has 1 unspecified atom stereocenters. The van der Waals surface area contributed by atoms with Crippen molar-refractivity contribution in [1.29, 1.82) is 0 Å². The smallest absolute Gasteiger partial charge is 0.322 e. The van der Waals surface area contributed by atoms with E-state index in [1.807, 2.05) is 0 Å². The van der Waals surface area contributed by atoms with Gasteiger partial charge >= 0.3 is 6.03 Å². The fraction of sp³-hybridized carbons (Fsp3) is 0.812. The predicted molar refractivity (Wildman–Crippen MR) is 78.8 cm³/mol. The quantitative estimate of drug-likeness (QED) is 0.744. The molecule has 6 nitrogen and oxygen atoms in total. The van der Waals surface area contributed by atoms with E-state index < -0.39 is 12.1 Å². The molecule has 2 heterocycles. The number of nitrogens with zero attached hydrogens (tertiary/aromatic N) is 1. The monoisotopic (exact) mass is 305 g/mol. The van der Waals surface area contributed by atoms with Crippen molar-refractivity contribution in [2.45, 2.75) is 57.0 Å². The summed E-state index contributed by atoms with van der Waals surface area (Å²) in [5.41, 5.74) is 0. The molecule has 0 spiro atoms. The van der Waals surface area contributed by atoms with Gasteiger partial charge in [0.2, 0.25) is 5.91 Å². The highest BCUT2D eigenvalue weighted by atomic mass is 16.2. The van der Waals surface area contributed by atoms with E-state index in [-0.39, 0.29) is 11.8 Å². The Kier molecular flexibility index (Phi) is 3.35. The van der Waals surface area contributed by atoms with Gasteiger partial charge in [0.05, 0.1) is 0 Å². The predicted octanol–water partition coefficient (Wildman–Crippen LogP) is 1.01. The van der Waals surface area contributed by atoms with Gasteiger partial charge in [0, 0.05) is 19.0 Å². The van der Waals surface area contributed by atoms with Gasteiger partial charge in [0.25, 0.3) is 5.91 Å². The molecule has 3 atom stereocenters. The van der Waals surface area contributed by atoms with Crippen molar-refractivity contribution >= 4 is 17.8 Å². The van der Waals surface area contributed by atoms with E-state index in [0.29, 0.717) is 30.7 Å². The van der Waals surface area contributed by atoms with E-state index in [4.69, 9.17) is 0 Å². The maximum atomic E-state index is 12.6. The molecule has 2 aliphatic heterocycles. The number of hydrogen-bond donors (Lipinski definition) is 2. The van der Waals surface area contributed by atoms with E-state index in [1.54, 1.807) is 0 Å². The third-order valence-electron chi connectivity index (χ3n) is 5.66. The van der Waals surface area contributed by atoms with Crippen LogP contribution in [-0.4, -0.2) is 41.4 Å². The van der Waals surface area contributed by atoms with Gasteiger partial charge < -0.3 is 10.2 Å². The van der Waals surface area contributed by atoms with E-state index >= 15 is 0 Å². The molecule has 2 saturated heterocycles. The fourth-order valence-corrected chi connectivity index (χ4v) is 4.10. The Morgan fingerprint density at radius 3 is 2.41 bits per heavy atom. The fourth-order valence-electron chi connectivity index (χ4n) is 4.10. The average molecular weight is 305 g/mol. The number of nitrogens with one attached hydrogen (secondary N) is 2. The minimum Gasteiger partial charge on any atom is -0.339 e. The molecule has 2 saturated carbocycles. The largest absolute Gasteiger partial charge is 0.339 e. The van der Waals surface area contributed by atoms with Gasteiger partial charge in [-0.2, -0.15) is 0 Å². The van der Waals surface area contributed by atoms with Gasteiger partial charge in [-0.15, -0.1) is 0 Å². The first-order valence-electron chi connectivity index (χ1n) is 8.52. The number of imide groups is 1. The van der Waals surface area contributed by atoms with Crippen molar-refractivity contribution in [3.63, 3.8) is 0 Å². The van der Waals surface area contributed by atoms with Crippen LogP contribution in [0.3, 0.4) is 0 Å². The van der Waals surface area contributed by atoms with E-state index in [2.05, 4.69) is 15.5 Å². The van der Waals surface area contributed by atoms with E-state index in [9.17, 15) is 14.4 Å². The van der Waals surface area contributed by atoms with Crippen LogP contribution < -0.4 is 10.6 Å². The lowest BCUT2D eigenvalue weighted by Gasteiger charge is -2.25. The van der Waals surface area contributed by atoms with Crippen LogP contribution in [0.4, 0.5) is 4.79 Å². The second-order valence-electron chi connectivity index (χ2n) is 7.34. The van der Waals surface area contributed by atoms with Gasteiger partial charge in [-0.3, -0.25) is 14.9 Å². The summed E-state index contributed by atoms with van der Waals surface area (Å²) in [6.07, 6.45) is 7.11. The molecule has 0 radical (unpaired) electrons. The molecular formula is C16H23N3O3. The van der Waals surface area contributed by atoms with E-state index in [1.165, 1.54) is 32.1 Å². The third-order valence-corrected chi connectivity index (χ3v) is 5.66. The van der Waals surface area contributed by atoms with Crippen LogP contribution in [0.5, 0.6) is 0 Å². The molecular weight excluding hydrogens is 282 g/mol. The number of hydrogen-bond acceptors (Lipinski definition) is 3. The van der Waals surface area contributed by atoms with Crippen LogP contribution in [0.15, 0.2) is 0 Å². The van der Waals surface area contributed by atoms with Crippen LogP contribution in [0, 0.1) is 17.8 Å². The Labute approximate surface area is 130 Å². The van der Waals surface area contributed by atoms with Crippen molar-refractivity contribution in [1.82, 2.24) is 15.5 Å². The number of likely N-dealkylation sites (tertiary alicyclic amines) is 1. The molecule has 120 valence electrons. The maximum Gasteiger partial charge on any atom is 0.322 e. The van der Waals surface area contributed by atoms with Gasteiger partial charge in [-0.1, -0.05) is 0 Å². The third kappa shape index (κ3) is 2.71. The van der Waals surface area contributed by atoms with Crippen molar-refractivity contribution in [3.05, 3.63) is 0 Å². The molecule has 4 fully saturated rings. The van der Waals surface area contributed by atoms with Crippen LogP contribution in [0.25, 0.3) is 0 Å². The Morgan fingerprint density at radius 1 is 1.09 bits per heavy atom. The minimum atomic E-state index is -0.544. The second kappa shape index (κ2) is 5.25. The standard InChI is InChI=1S/C16H23N3O3/c20-14(6-5-12-15(21)18-16(22)17-12)19-8-11(9-1-2-9)7-13(19)10-3-4-10/h9-13H,1-8H2,(H2,17,18,21,22)/t11-,12?,13-/m1/s1. The lowest BCUT2D eigenvalue weighted by Crippen LogP contribution is -2.38. The SMILES string of the molecule is O=C1NC(=O)C(CCC(=O)N2C[C@H](C3CC3)C[C@@H]2C2CC2)N1. The zero-order valence-electron chi connectivity index (χ0n) is 12.7. The maximum absolute atomic E-state index is 12.6. The molecule has 2 N–H and O–H groups in total. The summed E-state index contributed by atoms with van der Waals surface area (Å²) < 4.78 is 0. The molecule has 4 aliphatic rings. The zero-order valence-corrected chi connectivity index (χ0v) is 12.7. The van der Waals surface area contributed by atoms with Crippen LogP contribution in [0.2, 0.25) is 0 Å². The van der Waals surface area contributed by atoms with Gasteiger partial charge in [-0.25, -0.2) is 4.79 Å². The Morgan fingerprint density at radius 2 is 1.82 bits per heavy atom. The van der Waals surface area contributed by atoms with E-state index in [0.717, 1.165) is 12.5 Å². The first-order chi connectivity index (χ1) is 10.6. The number of carbonyl (C=O) groups excluding carboxylic acids is 3. The molecule has 0 bridgehead atoms. The molecule has 0 aromatic heterocycles. The van der Waals surface area contributed by atoms with Crippen molar-refractivity contribution in [2.24, 2.45) is 17.8 Å². The number of rotatable bonds is 5. The molecule has 4 amide bonds. The lowest BCUT2D eigenvalue weighted by atomic mass is 9.98. The van der Waals surface area contributed by atoms with Crippen LogP contribution >= 0.6 is 0 Å². The first-order valence-corrected chi connectivity index (χ1v) is 8.52. The van der Waals surface area contributed by atoms with Gasteiger partial charge in [0.1, 0.15) is 6.04 Å². The number of amides is 4. The first kappa shape index (κ1) is 14.0. The summed E-state index contributed by atoms with van der Waals surface area (Å²) in [4.78, 5) is 37.3. The Balaban J connectivity index is 1.34. The zero-order chi connectivity index (χ0) is 15.3. The normalized spacial score (nSPS) is 34.7. The Hall–Kier alpha value is -1.59. The molecule has 4 rings (SSSR count). The molecule has 22 heavy (non-hydrogen) atoms. The summed E-state index contributed by atoms with van der Waals surface area (Å²) in [5, 5.41) is 4.78. The lowest BCUT2D eigenvalue weighted by molar-refractivity contribution is -0.132. The van der Waals surface area contributed by atoms with Crippen LogP contribution in [0.1, 0.15) is 44.9 Å². The number of urea groups is 1. The summed E-state index contributed by atoms with van der Waals surface area (Å²) >= 11 is 0. The summed E-state index contributed by atoms with van der Waals surface area (Å²) in [6.45, 7) is 0.911. The summed E-state index contributed by atoms with van der Waals surface area (Å²) in [7, 11) is 0. The van der Waals surface area contributed by atoms with Crippen LogP contribution in [-0.2, 0) is 9.59 Å². The summed E-state index contributed by atoms with van der Waals surface area (Å²) in [6, 6.07) is -0.559. The summed E-state index contributed by atoms with van der Waals surface area (Å²) in [5.74, 6) is 2.10. The Bertz CT molecular complexity index is 513. The molecule has 2 aliphatic carbocycles. The number of carbonyl (C=O) groups is 3. The van der Waals surface area contributed by atoms with Crippen molar-refractivity contribution in [3.8, 4) is 0 Å². The highest BCUT2D eigenvalue weighted by Crippen LogP contribution is 2.48. The highest BCUT2D eigenvalue weighted by Gasteiger charge is 2.47. The highest BCUT2D eigenvalue weighted by molar-refractivity contribution is 6.04. The molecule has 0 aromatic carbocycles. The molecule has 6 heteroatoms. The van der Waals surface area contributed by atoms with Crippen molar-refractivity contribution < 1.29 is 14.4 Å². The second-order valence-corrected chi connectivity index (χ2v) is 7.34. The topological polar surface area (TPSA) is 78.5 Å². The van der Waals surface area contributed by atoms with Gasteiger partial charge in [0.15, 0.2) is 0 Å². The van der Waals surface area contributed by atoms with Crippen molar-refractivity contribution in [2.75, 3.05) is 6.54 Å². The average Bonchev–Trinajstić information content (AvgIpc) is 3.41. The van der Waals surface area contributed by atoms with Gasteiger partial charge in [-0.05, 0) is 56.3 Å².